The first-order valence-corrected chi connectivity index (χ1v) is 5.72. The molecule has 0 aromatic carbocycles. The Morgan fingerprint density at radius 2 is 1.72 bits per heavy atom. The molecule has 0 N–H and O–H groups in total. The highest BCUT2D eigenvalue weighted by molar-refractivity contribution is 6.22. The van der Waals surface area contributed by atoms with Crippen molar-refractivity contribution in [3.8, 4) is 0 Å². The van der Waals surface area contributed by atoms with E-state index in [-0.39, 0.29) is 23.0 Å². The van der Waals surface area contributed by atoms with Gasteiger partial charge in [-0.1, -0.05) is 0 Å². The lowest BCUT2D eigenvalue weighted by Gasteiger charge is -2.31. The van der Waals surface area contributed by atoms with E-state index in [1.165, 1.54) is 18.5 Å². The maximum atomic E-state index is 12.3. The molecule has 1 aromatic heterocycles. The summed E-state index contributed by atoms with van der Waals surface area (Å²) >= 11 is 0. The van der Waals surface area contributed by atoms with Crippen LogP contribution in [0.15, 0.2) is 24.2 Å². The Hall–Kier alpha value is -2.08. The van der Waals surface area contributed by atoms with Gasteiger partial charge in [-0.2, -0.15) is 0 Å². The number of aromatic nitrogens is 2. The van der Waals surface area contributed by atoms with Crippen molar-refractivity contribution in [1.29, 1.82) is 0 Å². The smallest absolute Gasteiger partial charge is 0.229 e. The van der Waals surface area contributed by atoms with Gasteiger partial charge in [0.1, 0.15) is 11.4 Å². The molecular weight excluding hydrogens is 234 g/mol. The van der Waals surface area contributed by atoms with Crippen molar-refractivity contribution in [3.05, 3.63) is 35.6 Å². The predicted molar refractivity (Wildman–Crippen MR) is 61.2 cm³/mol. The fraction of sp³-hybridized carbons (Fsp3) is 0.333. The largest absolute Gasteiger partial charge is 0.378 e. The molecular formula is C12H11N3O3. The molecule has 1 fully saturated rings. The van der Waals surface area contributed by atoms with E-state index in [1.54, 1.807) is 0 Å². The average Bonchev–Trinajstić information content (AvgIpc) is 2.44. The first kappa shape index (κ1) is 11.0. The first-order valence-electron chi connectivity index (χ1n) is 5.72. The summed E-state index contributed by atoms with van der Waals surface area (Å²) in [6, 6.07) is 0. The molecule has 1 aliphatic heterocycles. The lowest BCUT2D eigenvalue weighted by Crippen LogP contribution is -2.40. The summed E-state index contributed by atoms with van der Waals surface area (Å²) < 4.78 is 5.23. The predicted octanol–water partition coefficient (Wildman–Crippen LogP) is 0.0717. The number of morpholine rings is 1. The van der Waals surface area contributed by atoms with Gasteiger partial charge in [-0.25, -0.2) is 9.97 Å². The number of ketones is 2. The second-order valence-electron chi connectivity index (χ2n) is 4.08. The Morgan fingerprint density at radius 3 is 2.44 bits per heavy atom. The topological polar surface area (TPSA) is 72.4 Å². The van der Waals surface area contributed by atoms with Gasteiger partial charge in [0, 0.05) is 31.6 Å². The van der Waals surface area contributed by atoms with Gasteiger partial charge in [0.2, 0.25) is 11.6 Å². The van der Waals surface area contributed by atoms with Crippen LogP contribution in [-0.4, -0.2) is 52.7 Å². The number of nitrogens with zero attached hydrogens (tertiary/aromatic N) is 3. The molecule has 0 bridgehead atoms. The third-order valence-corrected chi connectivity index (χ3v) is 3.00. The molecule has 0 radical (unpaired) electrons. The zero-order chi connectivity index (χ0) is 12.5. The number of fused-ring (bicyclic) bond motifs is 1. The Bertz CT molecular complexity index is 547. The molecule has 0 atom stereocenters. The van der Waals surface area contributed by atoms with Crippen LogP contribution in [0, 0.1) is 0 Å². The summed E-state index contributed by atoms with van der Waals surface area (Å²) in [6.07, 6.45) is 4.19. The van der Waals surface area contributed by atoms with Crippen molar-refractivity contribution in [3.63, 3.8) is 0 Å². The molecule has 0 spiro atoms. The monoisotopic (exact) mass is 245 g/mol. The van der Waals surface area contributed by atoms with Gasteiger partial charge < -0.3 is 9.64 Å². The van der Waals surface area contributed by atoms with Crippen LogP contribution in [0.25, 0.3) is 0 Å². The molecule has 1 saturated heterocycles. The summed E-state index contributed by atoms with van der Waals surface area (Å²) in [5.74, 6) is -0.501. The Labute approximate surface area is 103 Å². The second kappa shape index (κ2) is 4.30. The van der Waals surface area contributed by atoms with Crippen LogP contribution < -0.4 is 0 Å². The molecule has 92 valence electrons. The third-order valence-electron chi connectivity index (χ3n) is 3.00. The molecule has 6 nitrogen and oxygen atoms in total. The van der Waals surface area contributed by atoms with Crippen molar-refractivity contribution in [2.24, 2.45) is 0 Å². The van der Waals surface area contributed by atoms with Crippen molar-refractivity contribution in [2.45, 2.75) is 0 Å². The number of rotatable bonds is 1. The highest BCUT2D eigenvalue weighted by Gasteiger charge is 2.31. The minimum Gasteiger partial charge on any atom is -0.378 e. The van der Waals surface area contributed by atoms with Crippen LogP contribution >= 0.6 is 0 Å². The van der Waals surface area contributed by atoms with E-state index in [2.05, 4.69) is 9.97 Å². The minimum atomic E-state index is -0.265. The maximum Gasteiger partial charge on any atom is 0.229 e. The van der Waals surface area contributed by atoms with Gasteiger partial charge in [-0.15, -0.1) is 0 Å². The molecule has 2 aliphatic rings. The molecule has 1 aliphatic carbocycles. The molecule has 6 heteroatoms. The van der Waals surface area contributed by atoms with Gasteiger partial charge >= 0.3 is 0 Å². The first-order chi connectivity index (χ1) is 8.77. The van der Waals surface area contributed by atoms with Gasteiger partial charge in [0.25, 0.3) is 0 Å². The number of allylic oxidation sites excluding steroid dienone is 2. The third kappa shape index (κ3) is 1.70. The van der Waals surface area contributed by atoms with Crippen LogP contribution in [0.5, 0.6) is 0 Å². The van der Waals surface area contributed by atoms with Crippen molar-refractivity contribution in [2.75, 3.05) is 26.3 Å². The molecule has 0 saturated carbocycles. The van der Waals surface area contributed by atoms with E-state index in [1.807, 2.05) is 4.90 Å². The summed E-state index contributed by atoms with van der Waals surface area (Å²) in [4.78, 5) is 33.9. The van der Waals surface area contributed by atoms with E-state index in [4.69, 9.17) is 4.74 Å². The molecule has 18 heavy (non-hydrogen) atoms. The van der Waals surface area contributed by atoms with Crippen LogP contribution in [0.3, 0.4) is 0 Å². The standard InChI is InChI=1S/C12H11N3O3/c16-9-7-8(15-3-5-18-6-4-15)12(17)11-10(9)13-1-2-14-11/h1-2,7H,3-6H2. The summed E-state index contributed by atoms with van der Waals surface area (Å²) in [6.45, 7) is 2.35. The quantitative estimate of drug-likeness (QED) is 0.697. The molecule has 0 unspecified atom stereocenters. The maximum absolute atomic E-state index is 12.3. The number of carbonyl (C=O) groups is 2. The van der Waals surface area contributed by atoms with Gasteiger partial charge in [-0.05, 0) is 0 Å². The van der Waals surface area contributed by atoms with Crippen molar-refractivity contribution in [1.82, 2.24) is 14.9 Å². The highest BCUT2D eigenvalue weighted by Crippen LogP contribution is 2.20. The van der Waals surface area contributed by atoms with Crippen LogP contribution in [0.1, 0.15) is 21.0 Å². The van der Waals surface area contributed by atoms with Gasteiger partial charge in [0.05, 0.1) is 18.9 Å². The van der Waals surface area contributed by atoms with E-state index in [0.29, 0.717) is 32.0 Å². The average molecular weight is 245 g/mol. The molecule has 2 heterocycles. The number of ether oxygens (including phenoxy) is 1. The molecule has 0 amide bonds. The second-order valence-corrected chi connectivity index (χ2v) is 4.08. The fourth-order valence-electron chi connectivity index (χ4n) is 2.10. The number of hydrogen-bond donors (Lipinski definition) is 0. The van der Waals surface area contributed by atoms with E-state index in [9.17, 15) is 9.59 Å². The zero-order valence-corrected chi connectivity index (χ0v) is 9.63. The number of Topliss-reactive ketones (excluding diaryl/α,β-unsaturated/α-hetero) is 1. The SMILES string of the molecule is O=C1C=C(N2CCOCC2)C(=O)c2nccnc21. The van der Waals surface area contributed by atoms with Crippen molar-refractivity contribution < 1.29 is 14.3 Å². The Morgan fingerprint density at radius 1 is 1.06 bits per heavy atom. The Kier molecular flexibility index (Phi) is 2.64. The summed E-state index contributed by atoms with van der Waals surface area (Å²) in [5, 5.41) is 0. The lowest BCUT2D eigenvalue weighted by molar-refractivity contribution is 0.0500. The normalized spacial score (nSPS) is 19.6. The van der Waals surface area contributed by atoms with Crippen LogP contribution in [-0.2, 0) is 4.74 Å². The summed E-state index contributed by atoms with van der Waals surface area (Å²) in [5.41, 5.74) is 0.683. The van der Waals surface area contributed by atoms with E-state index >= 15 is 0 Å². The minimum absolute atomic E-state index is 0.138. The van der Waals surface area contributed by atoms with Crippen LogP contribution in [0.4, 0.5) is 0 Å². The molecule has 3 rings (SSSR count). The number of hydrogen-bond acceptors (Lipinski definition) is 6. The van der Waals surface area contributed by atoms with Gasteiger partial charge in [-0.3, -0.25) is 9.59 Å². The summed E-state index contributed by atoms with van der Waals surface area (Å²) in [7, 11) is 0. The Balaban J connectivity index is 1.98. The molecule has 1 aromatic rings. The number of carbonyl (C=O) groups excluding carboxylic acids is 2. The highest BCUT2D eigenvalue weighted by atomic mass is 16.5. The van der Waals surface area contributed by atoms with Gasteiger partial charge in [0.15, 0.2) is 0 Å². The zero-order valence-electron chi connectivity index (χ0n) is 9.63. The lowest BCUT2D eigenvalue weighted by atomic mass is 10.0. The fourth-order valence-corrected chi connectivity index (χ4v) is 2.10. The van der Waals surface area contributed by atoms with E-state index in [0.717, 1.165) is 0 Å². The van der Waals surface area contributed by atoms with Crippen molar-refractivity contribution >= 4 is 11.6 Å². The van der Waals surface area contributed by atoms with E-state index < -0.39 is 0 Å². The van der Waals surface area contributed by atoms with Crippen LogP contribution in [0.2, 0.25) is 0 Å².